The van der Waals surface area contributed by atoms with Gasteiger partial charge < -0.3 is 21.3 Å². The Kier molecular flexibility index (Phi) is 10.4. The fraction of sp³-hybridized carbons (Fsp3) is 0.552. The fourth-order valence-electron chi connectivity index (χ4n) is 5.35. The lowest BCUT2D eigenvalue weighted by molar-refractivity contribution is -0.139. The number of rotatable bonds is 9. The first-order valence-corrected chi connectivity index (χ1v) is 13.6. The molecule has 10 heteroatoms. The Morgan fingerprint density at radius 3 is 2.49 bits per heavy atom. The molecule has 1 heterocycles. The van der Waals surface area contributed by atoms with Crippen molar-refractivity contribution in [2.75, 3.05) is 13.6 Å². The minimum absolute atomic E-state index is 0.0504. The van der Waals surface area contributed by atoms with Gasteiger partial charge in [-0.3, -0.25) is 9.59 Å². The molecule has 3 rings (SSSR count). The minimum Gasteiger partial charge on any atom is -0.387 e. The van der Waals surface area contributed by atoms with Crippen molar-refractivity contribution in [1.82, 2.24) is 15.5 Å². The lowest BCUT2D eigenvalue weighted by Gasteiger charge is -2.35. The maximum absolute atomic E-state index is 14.0. The van der Waals surface area contributed by atoms with Crippen LogP contribution < -0.4 is 16.4 Å². The van der Waals surface area contributed by atoms with Gasteiger partial charge in [-0.15, -0.1) is 0 Å². The first-order chi connectivity index (χ1) is 18.4. The summed E-state index contributed by atoms with van der Waals surface area (Å²) >= 11 is 0. The first kappa shape index (κ1) is 30.4. The maximum Gasteiger partial charge on any atom is 0.416 e. The van der Waals surface area contributed by atoms with E-state index >= 15 is 0 Å². The van der Waals surface area contributed by atoms with Gasteiger partial charge in [-0.05, 0) is 76.3 Å². The van der Waals surface area contributed by atoms with Crippen LogP contribution in [0.15, 0.2) is 47.5 Å². The monoisotopic (exact) mass is 547 g/mol. The third-order valence-corrected chi connectivity index (χ3v) is 7.58. The highest BCUT2D eigenvalue weighted by atomic mass is 19.4. The number of halogens is 3. The van der Waals surface area contributed by atoms with Crippen molar-refractivity contribution in [1.29, 1.82) is 0 Å². The molecule has 2 aliphatic rings. The summed E-state index contributed by atoms with van der Waals surface area (Å²) in [7, 11) is 1.70. The van der Waals surface area contributed by atoms with Crippen molar-refractivity contribution in [3.8, 4) is 0 Å². The highest BCUT2D eigenvalue weighted by Crippen LogP contribution is 2.34. The van der Waals surface area contributed by atoms with Gasteiger partial charge >= 0.3 is 6.18 Å². The van der Waals surface area contributed by atoms with Crippen molar-refractivity contribution >= 4 is 23.3 Å². The van der Waals surface area contributed by atoms with Crippen LogP contribution in [0.3, 0.4) is 0 Å². The Labute approximate surface area is 228 Å². The van der Waals surface area contributed by atoms with Gasteiger partial charge in [-0.25, -0.2) is 4.99 Å². The topological polar surface area (TPSA) is 99.8 Å². The number of hydrogen-bond donors (Lipinski definition) is 3. The molecule has 1 saturated heterocycles. The van der Waals surface area contributed by atoms with E-state index in [4.69, 9.17) is 5.73 Å². The number of nitrogens with two attached hydrogens (primary N) is 1. The fourth-order valence-corrected chi connectivity index (χ4v) is 5.35. The molecule has 0 aromatic heterocycles. The van der Waals surface area contributed by atoms with Gasteiger partial charge in [0.1, 0.15) is 6.04 Å². The van der Waals surface area contributed by atoms with Crippen LogP contribution >= 0.6 is 0 Å². The van der Waals surface area contributed by atoms with Crippen LogP contribution in [-0.2, 0) is 15.8 Å². The number of likely N-dealkylation sites (N-methyl/N-ethyl adjacent to an activating group) is 1. The van der Waals surface area contributed by atoms with Gasteiger partial charge in [0.05, 0.1) is 29.2 Å². The second kappa shape index (κ2) is 13.3. The predicted octanol–water partition coefficient (Wildman–Crippen LogP) is 4.64. The Bertz CT molecular complexity index is 1100. The predicted molar refractivity (Wildman–Crippen MR) is 148 cm³/mol. The number of nitrogens with one attached hydrogen (secondary N) is 2. The molecule has 2 fully saturated rings. The molecule has 0 spiro atoms. The highest BCUT2D eigenvalue weighted by molar-refractivity contribution is 5.90. The van der Waals surface area contributed by atoms with Crippen LogP contribution in [0.25, 0.3) is 5.70 Å². The van der Waals surface area contributed by atoms with Crippen LogP contribution in [0.2, 0.25) is 0 Å². The van der Waals surface area contributed by atoms with Crippen molar-refractivity contribution in [2.45, 2.75) is 83.1 Å². The molecule has 0 bridgehead atoms. The third-order valence-electron chi connectivity index (χ3n) is 7.58. The second-order valence-corrected chi connectivity index (χ2v) is 10.5. The Morgan fingerprint density at radius 1 is 1.18 bits per heavy atom. The normalized spacial score (nSPS) is 21.0. The Hall–Kier alpha value is -3.14. The number of alkyl halides is 3. The smallest absolute Gasteiger partial charge is 0.387 e. The van der Waals surface area contributed by atoms with E-state index in [0.717, 1.165) is 50.7 Å². The zero-order valence-electron chi connectivity index (χ0n) is 23.0. The van der Waals surface area contributed by atoms with E-state index in [1.165, 1.54) is 12.1 Å². The van der Waals surface area contributed by atoms with E-state index < -0.39 is 23.8 Å². The Balaban J connectivity index is 1.90. The van der Waals surface area contributed by atoms with Gasteiger partial charge in [0, 0.05) is 12.1 Å². The molecule has 3 atom stereocenters. The number of benzene rings is 1. The van der Waals surface area contributed by atoms with Gasteiger partial charge in [0.15, 0.2) is 0 Å². The maximum atomic E-state index is 14.0. The number of nitrogens with zero attached hydrogens (tertiary/aromatic N) is 2. The molecule has 1 aromatic rings. The standard InChI is InChI=1S/C29H40F3N5O2/c1-18(16-24(35-20(3)33)22-12-8-13-23(17-22)29(30,31)32)25-14-9-15-37(25)28(39)26(21-10-6-5-7-11-21)36-27(38)19(2)34-4/h8,12-13,16-17,19,21,25-26,34H,1,5-7,9-11,14-15H2,2-4H3,(H2,33,35)(H,36,38)/b24-16-. The lowest BCUT2D eigenvalue weighted by Crippen LogP contribution is -2.56. The van der Waals surface area contributed by atoms with Crippen LogP contribution in [-0.4, -0.2) is 54.3 Å². The molecule has 214 valence electrons. The number of hydrogen-bond acceptors (Lipinski definition) is 4. The molecule has 1 aliphatic carbocycles. The van der Waals surface area contributed by atoms with Crippen molar-refractivity contribution in [2.24, 2.45) is 16.6 Å². The van der Waals surface area contributed by atoms with Crippen molar-refractivity contribution in [3.05, 3.63) is 53.6 Å². The van der Waals surface area contributed by atoms with Crippen LogP contribution in [0.1, 0.15) is 69.9 Å². The SMILES string of the molecule is C=C(/C=C(\N=C(C)N)c1cccc(C(F)(F)F)c1)C1CCCN1C(=O)C(NC(=O)C(C)NC)C1CCCCC1. The van der Waals surface area contributed by atoms with Crippen molar-refractivity contribution < 1.29 is 22.8 Å². The molecule has 3 unspecified atom stereocenters. The number of carbonyl (C=O) groups is 2. The van der Waals surface area contributed by atoms with Gasteiger partial charge in [0.25, 0.3) is 0 Å². The van der Waals surface area contributed by atoms with Gasteiger partial charge in [-0.1, -0.05) is 38.0 Å². The largest absolute Gasteiger partial charge is 0.416 e. The van der Waals surface area contributed by atoms with E-state index in [1.807, 2.05) is 0 Å². The summed E-state index contributed by atoms with van der Waals surface area (Å²) in [4.78, 5) is 32.8. The Morgan fingerprint density at radius 2 is 1.87 bits per heavy atom. The molecule has 1 saturated carbocycles. The molecule has 4 N–H and O–H groups in total. The first-order valence-electron chi connectivity index (χ1n) is 13.6. The summed E-state index contributed by atoms with van der Waals surface area (Å²) in [5, 5.41) is 5.93. The van der Waals surface area contributed by atoms with E-state index in [-0.39, 0.29) is 40.9 Å². The lowest BCUT2D eigenvalue weighted by atomic mass is 9.83. The number of amidine groups is 1. The summed E-state index contributed by atoms with van der Waals surface area (Å²) in [6.07, 6.45) is 3.40. The minimum atomic E-state index is -4.50. The van der Waals surface area contributed by atoms with Crippen LogP contribution in [0, 0.1) is 5.92 Å². The zero-order valence-corrected chi connectivity index (χ0v) is 23.0. The van der Waals surface area contributed by atoms with E-state index in [1.54, 1.807) is 31.9 Å². The van der Waals surface area contributed by atoms with Gasteiger partial charge in [0.2, 0.25) is 11.8 Å². The summed E-state index contributed by atoms with van der Waals surface area (Å²) in [6, 6.07) is 3.45. The summed E-state index contributed by atoms with van der Waals surface area (Å²) in [6.45, 7) is 8.00. The average molecular weight is 548 g/mol. The summed E-state index contributed by atoms with van der Waals surface area (Å²) < 4.78 is 40.1. The molecule has 2 amide bonds. The van der Waals surface area contributed by atoms with Crippen molar-refractivity contribution in [3.63, 3.8) is 0 Å². The average Bonchev–Trinajstić information content (AvgIpc) is 3.40. The third kappa shape index (κ3) is 7.94. The molecular formula is C29H40F3N5O2. The number of aliphatic imine (C=N–C) groups is 1. The van der Waals surface area contributed by atoms with Gasteiger partial charge in [-0.2, -0.15) is 13.2 Å². The number of likely N-dealkylation sites (tertiary alicyclic amines) is 1. The van der Waals surface area contributed by atoms with Crippen LogP contribution in [0.4, 0.5) is 13.2 Å². The summed E-state index contributed by atoms with van der Waals surface area (Å²) in [5.74, 6) is -0.135. The molecular weight excluding hydrogens is 507 g/mol. The molecule has 1 aliphatic heterocycles. The van der Waals surface area contributed by atoms with E-state index in [0.29, 0.717) is 18.5 Å². The summed E-state index contributed by atoms with van der Waals surface area (Å²) in [5.41, 5.74) is 6.06. The van der Waals surface area contributed by atoms with E-state index in [9.17, 15) is 22.8 Å². The van der Waals surface area contributed by atoms with E-state index in [2.05, 4.69) is 22.2 Å². The molecule has 1 aromatic carbocycles. The highest BCUT2D eigenvalue weighted by Gasteiger charge is 2.39. The molecule has 39 heavy (non-hydrogen) atoms. The zero-order chi connectivity index (χ0) is 28.7. The second-order valence-electron chi connectivity index (χ2n) is 10.5. The molecule has 7 nitrogen and oxygen atoms in total. The number of amides is 2. The number of carbonyl (C=O) groups excluding carboxylic acids is 2. The van der Waals surface area contributed by atoms with Crippen LogP contribution in [0.5, 0.6) is 0 Å². The quantitative estimate of drug-likeness (QED) is 0.238. The molecule has 0 radical (unpaired) electrons.